The van der Waals surface area contributed by atoms with E-state index in [1.165, 1.54) is 93.9 Å². The van der Waals surface area contributed by atoms with E-state index in [-0.39, 0.29) is 0 Å². The van der Waals surface area contributed by atoms with Crippen LogP contribution < -0.4 is 9.80 Å². The lowest BCUT2D eigenvalue weighted by molar-refractivity contribution is 0.768. The molecule has 0 bridgehead atoms. The fraction of sp³-hybridized carbons (Fsp3) is 0.0123. The molecular weight excluding hydrogens is 1000 g/mol. The van der Waals surface area contributed by atoms with Crippen molar-refractivity contribution in [1.82, 2.24) is 0 Å². The highest BCUT2D eigenvalue weighted by Gasteiger charge is 2.46. The lowest BCUT2D eigenvalue weighted by Crippen LogP contribution is -2.28. The molecule has 0 heterocycles. The van der Waals surface area contributed by atoms with Crippen molar-refractivity contribution in [3.05, 3.63) is 362 Å². The predicted molar refractivity (Wildman–Crippen MR) is 350 cm³/mol. The van der Waals surface area contributed by atoms with Gasteiger partial charge in [0.1, 0.15) is 0 Å². The first kappa shape index (κ1) is 49.3. The van der Waals surface area contributed by atoms with Crippen LogP contribution in [0.15, 0.2) is 340 Å². The minimum Gasteiger partial charge on any atom is -0.310 e. The van der Waals surface area contributed by atoms with Crippen molar-refractivity contribution in [2.75, 3.05) is 9.80 Å². The zero-order valence-corrected chi connectivity index (χ0v) is 45.7. The second-order valence-electron chi connectivity index (χ2n) is 21.6. The van der Waals surface area contributed by atoms with Crippen molar-refractivity contribution in [3.8, 4) is 55.6 Å². The Kier molecular flexibility index (Phi) is 12.5. The first-order valence-electron chi connectivity index (χ1n) is 28.6. The number of hydrogen-bond acceptors (Lipinski definition) is 2. The molecule has 0 saturated carbocycles. The van der Waals surface area contributed by atoms with Crippen molar-refractivity contribution >= 4 is 55.7 Å². The lowest BCUT2D eigenvalue weighted by atomic mass is 9.67. The molecule has 390 valence electrons. The number of benzene rings is 14. The summed E-state index contributed by atoms with van der Waals surface area (Å²) in [5.74, 6) is 0. The molecule has 0 unspecified atom stereocenters. The van der Waals surface area contributed by atoms with E-state index in [4.69, 9.17) is 0 Å². The van der Waals surface area contributed by atoms with E-state index in [1.807, 2.05) is 0 Å². The smallest absolute Gasteiger partial charge is 0.0714 e. The van der Waals surface area contributed by atoms with E-state index < -0.39 is 5.41 Å². The third kappa shape index (κ3) is 8.86. The fourth-order valence-electron chi connectivity index (χ4n) is 12.9. The van der Waals surface area contributed by atoms with Crippen LogP contribution >= 0.6 is 0 Å². The largest absolute Gasteiger partial charge is 0.310 e. The van der Waals surface area contributed by atoms with Crippen LogP contribution in [-0.2, 0) is 5.41 Å². The Morgan fingerprint density at radius 1 is 0.193 bits per heavy atom. The molecule has 0 fully saturated rings. The molecule has 0 N–H and O–H groups in total. The molecule has 14 aromatic carbocycles. The monoisotopic (exact) mass is 1060 g/mol. The third-order valence-corrected chi connectivity index (χ3v) is 16.9. The minimum atomic E-state index is -0.544. The van der Waals surface area contributed by atoms with Gasteiger partial charge in [0.05, 0.1) is 11.1 Å². The molecule has 0 aromatic heterocycles. The fourth-order valence-corrected chi connectivity index (χ4v) is 12.9. The summed E-state index contributed by atoms with van der Waals surface area (Å²) in [4.78, 5) is 4.81. The summed E-state index contributed by atoms with van der Waals surface area (Å²) in [5.41, 5.74) is 23.0. The van der Waals surface area contributed by atoms with Gasteiger partial charge in [0.2, 0.25) is 0 Å². The van der Waals surface area contributed by atoms with Crippen molar-refractivity contribution in [2.24, 2.45) is 0 Å². The molecule has 0 amide bonds. The highest BCUT2D eigenvalue weighted by atomic mass is 15.1. The van der Waals surface area contributed by atoms with Crippen molar-refractivity contribution in [2.45, 2.75) is 5.41 Å². The SMILES string of the molecule is c1ccc(-c2cc3ccccc3cc2N(c2ccc(-c3ccc(-c4ccc(-c5ccc(N(c6ccccc6)c6ccc7ccccc7c6)cc5)cc4)cc3)cc2)c2ccc3c(c2)C(c2ccccc2)(c2ccccc2)c2ccccc2-3)cc1. The predicted octanol–water partition coefficient (Wildman–Crippen LogP) is 22.0. The Balaban J connectivity index is 0.767. The summed E-state index contributed by atoms with van der Waals surface area (Å²) in [6, 6.07) is 125. The second kappa shape index (κ2) is 21.0. The molecule has 83 heavy (non-hydrogen) atoms. The summed E-state index contributed by atoms with van der Waals surface area (Å²) < 4.78 is 0. The van der Waals surface area contributed by atoms with Gasteiger partial charge in [-0.05, 0) is 167 Å². The summed E-state index contributed by atoms with van der Waals surface area (Å²) in [7, 11) is 0. The maximum atomic E-state index is 2.48. The highest BCUT2D eigenvalue weighted by Crippen LogP contribution is 2.58. The third-order valence-electron chi connectivity index (χ3n) is 16.9. The van der Waals surface area contributed by atoms with E-state index in [0.717, 1.165) is 39.7 Å². The van der Waals surface area contributed by atoms with Gasteiger partial charge in [0, 0.05) is 34.0 Å². The van der Waals surface area contributed by atoms with Gasteiger partial charge in [-0.3, -0.25) is 0 Å². The summed E-state index contributed by atoms with van der Waals surface area (Å²) in [6.45, 7) is 0. The van der Waals surface area contributed by atoms with Gasteiger partial charge < -0.3 is 9.80 Å². The lowest BCUT2D eigenvalue weighted by Gasteiger charge is -2.35. The molecule has 14 aromatic rings. The van der Waals surface area contributed by atoms with E-state index in [1.54, 1.807) is 0 Å². The number of anilines is 6. The molecule has 15 rings (SSSR count). The van der Waals surface area contributed by atoms with Gasteiger partial charge >= 0.3 is 0 Å². The zero-order valence-electron chi connectivity index (χ0n) is 45.7. The molecule has 2 heteroatoms. The van der Waals surface area contributed by atoms with Gasteiger partial charge in [-0.25, -0.2) is 0 Å². The molecule has 0 saturated heterocycles. The maximum Gasteiger partial charge on any atom is 0.0714 e. The number of nitrogens with zero attached hydrogens (tertiary/aromatic N) is 2. The van der Waals surface area contributed by atoms with Crippen LogP contribution in [0.25, 0.3) is 77.2 Å². The van der Waals surface area contributed by atoms with Crippen molar-refractivity contribution in [1.29, 1.82) is 0 Å². The molecule has 0 atom stereocenters. The van der Waals surface area contributed by atoms with Gasteiger partial charge in [-0.2, -0.15) is 0 Å². The Labute approximate surface area is 485 Å². The van der Waals surface area contributed by atoms with Gasteiger partial charge in [0.15, 0.2) is 0 Å². The molecule has 1 aliphatic rings. The quantitative estimate of drug-likeness (QED) is 0.120. The molecule has 2 nitrogen and oxygen atoms in total. The van der Waals surface area contributed by atoms with Crippen LogP contribution in [0, 0.1) is 0 Å². The van der Waals surface area contributed by atoms with Crippen LogP contribution in [0.2, 0.25) is 0 Å². The van der Waals surface area contributed by atoms with Crippen LogP contribution in [-0.4, -0.2) is 0 Å². The maximum absolute atomic E-state index is 2.48. The Hall–Kier alpha value is -10.8. The first-order chi connectivity index (χ1) is 41.1. The minimum absolute atomic E-state index is 0.544. The molecule has 0 spiro atoms. The molecular formula is C81H56N2. The van der Waals surface area contributed by atoms with Crippen LogP contribution in [0.5, 0.6) is 0 Å². The average Bonchev–Trinajstić information content (AvgIpc) is 2.87. The molecule has 0 radical (unpaired) electrons. The number of rotatable bonds is 12. The average molecular weight is 1060 g/mol. The second-order valence-corrected chi connectivity index (χ2v) is 21.6. The Bertz CT molecular complexity index is 4570. The van der Waals surface area contributed by atoms with Crippen molar-refractivity contribution in [3.63, 3.8) is 0 Å². The molecule has 0 aliphatic heterocycles. The van der Waals surface area contributed by atoms with Gasteiger partial charge in [-0.1, -0.05) is 267 Å². The Morgan fingerprint density at radius 2 is 0.566 bits per heavy atom. The first-order valence-corrected chi connectivity index (χ1v) is 28.6. The summed E-state index contributed by atoms with van der Waals surface area (Å²) in [6.07, 6.45) is 0. The normalized spacial score (nSPS) is 12.2. The van der Waals surface area contributed by atoms with Gasteiger partial charge in [-0.15, -0.1) is 0 Å². The van der Waals surface area contributed by atoms with Gasteiger partial charge in [0.25, 0.3) is 0 Å². The Morgan fingerprint density at radius 3 is 1.12 bits per heavy atom. The molecule has 1 aliphatic carbocycles. The van der Waals surface area contributed by atoms with E-state index in [2.05, 4.69) is 350 Å². The van der Waals surface area contributed by atoms with Crippen LogP contribution in [0.1, 0.15) is 22.3 Å². The number of para-hydroxylation sites is 1. The van der Waals surface area contributed by atoms with Crippen LogP contribution in [0.4, 0.5) is 34.1 Å². The van der Waals surface area contributed by atoms with E-state index in [9.17, 15) is 0 Å². The standard InChI is InChI=1S/C81H56N2/c1-5-20-64(21-6-1)77-54-66-23-15-16-24-67(66)55-80(77)83(74-51-52-76-75-31-17-18-32-78(75)81(79(76)56-74,68-25-7-2-8-26-68)69-27-9-3-10-28-69)72-48-43-63(44-49-72)61-39-35-59(36-40-61)58-33-37-60(38-34-58)62-41-46-71(47-42-62)82(70-29-11-4-12-30-70)73-50-45-57-19-13-14-22-65(57)53-73/h1-56H. The summed E-state index contributed by atoms with van der Waals surface area (Å²) >= 11 is 0. The number of fused-ring (bicyclic) bond motifs is 5. The number of hydrogen-bond donors (Lipinski definition) is 0. The topological polar surface area (TPSA) is 6.48 Å². The highest BCUT2D eigenvalue weighted by molar-refractivity contribution is 6.00. The summed E-state index contributed by atoms with van der Waals surface area (Å²) in [5, 5.41) is 4.85. The van der Waals surface area contributed by atoms with Crippen molar-refractivity contribution < 1.29 is 0 Å². The van der Waals surface area contributed by atoms with E-state index >= 15 is 0 Å². The van der Waals surface area contributed by atoms with Crippen LogP contribution in [0.3, 0.4) is 0 Å². The van der Waals surface area contributed by atoms with E-state index in [0.29, 0.717) is 0 Å². The zero-order chi connectivity index (χ0) is 55.1.